The van der Waals surface area contributed by atoms with E-state index in [2.05, 4.69) is 21.7 Å². The third-order valence-corrected chi connectivity index (χ3v) is 3.59. The third-order valence-electron chi connectivity index (χ3n) is 3.59. The smallest absolute Gasteiger partial charge is 0.224 e. The maximum atomic E-state index is 12.0. The van der Waals surface area contributed by atoms with Gasteiger partial charge in [0.2, 0.25) is 5.91 Å². The van der Waals surface area contributed by atoms with Gasteiger partial charge in [0.05, 0.1) is 6.54 Å². The van der Waals surface area contributed by atoms with Gasteiger partial charge in [0.1, 0.15) is 5.82 Å². The Morgan fingerprint density at radius 3 is 3.05 bits per heavy atom. The van der Waals surface area contributed by atoms with E-state index < -0.39 is 0 Å². The molecule has 0 saturated heterocycles. The molecule has 1 aliphatic rings. The molecule has 0 aromatic carbocycles. The molecule has 0 bridgehead atoms. The number of carbonyl (C=O) groups is 1. The van der Waals surface area contributed by atoms with Crippen molar-refractivity contribution in [1.82, 2.24) is 19.7 Å². The molecule has 0 fully saturated rings. The van der Waals surface area contributed by atoms with Crippen molar-refractivity contribution >= 4 is 5.91 Å². The Morgan fingerprint density at radius 1 is 1.53 bits per heavy atom. The molecule has 19 heavy (non-hydrogen) atoms. The van der Waals surface area contributed by atoms with E-state index in [0.717, 1.165) is 43.9 Å². The second-order valence-corrected chi connectivity index (χ2v) is 5.29. The maximum absolute atomic E-state index is 12.0. The van der Waals surface area contributed by atoms with Crippen LogP contribution in [0.1, 0.15) is 44.3 Å². The number of aryl methyl sites for hydroxylation is 1. The Bertz CT molecular complexity index is 442. The highest BCUT2D eigenvalue weighted by atomic mass is 16.2. The van der Waals surface area contributed by atoms with Crippen molar-refractivity contribution in [2.75, 3.05) is 7.05 Å². The van der Waals surface area contributed by atoms with Crippen molar-refractivity contribution in [2.24, 2.45) is 5.73 Å². The van der Waals surface area contributed by atoms with Crippen LogP contribution in [0.25, 0.3) is 0 Å². The van der Waals surface area contributed by atoms with Crippen LogP contribution in [0.4, 0.5) is 0 Å². The molecule has 2 N–H and O–H groups in total. The molecule has 1 amide bonds. The molecule has 1 aromatic rings. The number of fused-ring (bicyclic) bond motifs is 1. The summed E-state index contributed by atoms with van der Waals surface area (Å²) in [6, 6.07) is -0.0379. The highest BCUT2D eigenvalue weighted by Gasteiger charge is 2.20. The number of hydrogen-bond donors (Lipinski definition) is 1. The van der Waals surface area contributed by atoms with E-state index in [0.29, 0.717) is 13.0 Å². The largest absolute Gasteiger partial charge is 0.338 e. The van der Waals surface area contributed by atoms with Crippen LogP contribution in [0.3, 0.4) is 0 Å². The van der Waals surface area contributed by atoms with Crippen LogP contribution in [0.15, 0.2) is 0 Å². The number of amides is 1. The first-order chi connectivity index (χ1) is 9.11. The van der Waals surface area contributed by atoms with Gasteiger partial charge in [-0.25, -0.2) is 0 Å². The summed E-state index contributed by atoms with van der Waals surface area (Å²) in [6.45, 7) is 3.56. The predicted molar refractivity (Wildman–Crippen MR) is 72.3 cm³/mol. The molecular formula is C13H23N5O. The molecule has 0 saturated carbocycles. The molecule has 1 atom stereocenters. The van der Waals surface area contributed by atoms with Crippen LogP contribution < -0.4 is 5.73 Å². The van der Waals surface area contributed by atoms with Crippen molar-refractivity contribution in [3.63, 3.8) is 0 Å². The van der Waals surface area contributed by atoms with Crippen LogP contribution in [0.5, 0.6) is 0 Å². The van der Waals surface area contributed by atoms with Crippen molar-refractivity contribution < 1.29 is 4.79 Å². The summed E-state index contributed by atoms with van der Waals surface area (Å²) in [5.74, 6) is 2.00. The topological polar surface area (TPSA) is 77.0 Å². The van der Waals surface area contributed by atoms with E-state index in [4.69, 9.17) is 5.73 Å². The lowest BCUT2D eigenvalue weighted by atomic mass is 10.1. The second-order valence-electron chi connectivity index (χ2n) is 5.29. The SMILES string of the molecule is CCCC(N)CC(=O)N(C)Cc1nnc2n1CCC2. The standard InChI is InChI=1S/C13H23N5O/c1-3-5-10(14)8-13(19)17(2)9-12-16-15-11-6-4-7-18(11)12/h10H,3-9,14H2,1-2H3. The Balaban J connectivity index is 1.89. The van der Waals surface area contributed by atoms with Gasteiger partial charge < -0.3 is 15.2 Å². The van der Waals surface area contributed by atoms with E-state index in [1.807, 2.05) is 0 Å². The zero-order chi connectivity index (χ0) is 13.8. The lowest BCUT2D eigenvalue weighted by molar-refractivity contribution is -0.130. The highest BCUT2D eigenvalue weighted by molar-refractivity contribution is 5.76. The van der Waals surface area contributed by atoms with E-state index in [9.17, 15) is 4.79 Å². The van der Waals surface area contributed by atoms with Gasteiger partial charge in [-0.05, 0) is 12.8 Å². The Labute approximate surface area is 114 Å². The fourth-order valence-electron chi connectivity index (χ4n) is 2.48. The number of carbonyl (C=O) groups excluding carboxylic acids is 1. The summed E-state index contributed by atoms with van der Waals surface area (Å²) in [5.41, 5.74) is 5.91. The van der Waals surface area contributed by atoms with E-state index in [1.165, 1.54) is 0 Å². The Morgan fingerprint density at radius 2 is 2.32 bits per heavy atom. The Kier molecular flexibility index (Phi) is 4.52. The van der Waals surface area contributed by atoms with E-state index in [1.54, 1.807) is 11.9 Å². The van der Waals surface area contributed by atoms with E-state index >= 15 is 0 Å². The lowest BCUT2D eigenvalue weighted by Crippen LogP contribution is -2.33. The molecule has 1 unspecified atom stereocenters. The van der Waals surface area contributed by atoms with Crippen LogP contribution in [-0.2, 0) is 24.3 Å². The van der Waals surface area contributed by atoms with Gasteiger partial charge in [0, 0.05) is 32.5 Å². The molecule has 0 spiro atoms. The molecule has 1 aliphatic heterocycles. The van der Waals surface area contributed by atoms with Gasteiger partial charge in [-0.15, -0.1) is 10.2 Å². The average molecular weight is 265 g/mol. The summed E-state index contributed by atoms with van der Waals surface area (Å²) in [5, 5.41) is 8.31. The van der Waals surface area contributed by atoms with Gasteiger partial charge in [-0.3, -0.25) is 4.79 Å². The molecule has 2 rings (SSSR count). The molecular weight excluding hydrogens is 242 g/mol. The number of nitrogens with zero attached hydrogens (tertiary/aromatic N) is 4. The number of aromatic nitrogens is 3. The van der Waals surface area contributed by atoms with Crippen LogP contribution >= 0.6 is 0 Å². The van der Waals surface area contributed by atoms with Gasteiger partial charge >= 0.3 is 0 Å². The van der Waals surface area contributed by atoms with Gasteiger partial charge in [-0.2, -0.15) is 0 Å². The number of nitrogens with two attached hydrogens (primary N) is 1. The minimum absolute atomic E-state index is 0.0379. The van der Waals surface area contributed by atoms with Crippen LogP contribution in [0.2, 0.25) is 0 Å². The van der Waals surface area contributed by atoms with Crippen molar-refractivity contribution in [2.45, 2.75) is 58.2 Å². The normalized spacial score (nSPS) is 15.3. The number of hydrogen-bond acceptors (Lipinski definition) is 4. The summed E-state index contributed by atoms with van der Waals surface area (Å²) >= 11 is 0. The quantitative estimate of drug-likeness (QED) is 0.821. The molecule has 6 nitrogen and oxygen atoms in total. The molecule has 1 aromatic heterocycles. The van der Waals surface area contributed by atoms with Gasteiger partial charge in [0.25, 0.3) is 0 Å². The molecule has 0 radical (unpaired) electrons. The molecule has 6 heteroatoms. The van der Waals surface area contributed by atoms with Gasteiger partial charge in [-0.1, -0.05) is 13.3 Å². The zero-order valence-electron chi connectivity index (χ0n) is 11.8. The van der Waals surface area contributed by atoms with Crippen LogP contribution in [-0.4, -0.2) is 38.7 Å². The third kappa shape index (κ3) is 3.32. The zero-order valence-corrected chi connectivity index (χ0v) is 11.8. The number of rotatable bonds is 6. The first-order valence-corrected chi connectivity index (χ1v) is 7.02. The summed E-state index contributed by atoms with van der Waals surface area (Å²) < 4.78 is 2.12. The summed E-state index contributed by atoms with van der Waals surface area (Å²) in [4.78, 5) is 13.7. The highest BCUT2D eigenvalue weighted by Crippen LogP contribution is 2.15. The predicted octanol–water partition coefficient (Wildman–Crippen LogP) is 0.700. The van der Waals surface area contributed by atoms with Crippen molar-refractivity contribution in [1.29, 1.82) is 0 Å². The van der Waals surface area contributed by atoms with Crippen molar-refractivity contribution in [3.8, 4) is 0 Å². The first kappa shape index (κ1) is 14.0. The van der Waals surface area contributed by atoms with Crippen molar-refractivity contribution in [3.05, 3.63) is 11.6 Å². The maximum Gasteiger partial charge on any atom is 0.224 e. The summed E-state index contributed by atoms with van der Waals surface area (Å²) in [7, 11) is 1.80. The summed E-state index contributed by atoms with van der Waals surface area (Å²) in [6.07, 6.45) is 4.42. The minimum atomic E-state index is -0.0379. The monoisotopic (exact) mass is 265 g/mol. The minimum Gasteiger partial charge on any atom is -0.338 e. The fourth-order valence-corrected chi connectivity index (χ4v) is 2.48. The molecule has 106 valence electrons. The van der Waals surface area contributed by atoms with Crippen LogP contribution in [0, 0.1) is 0 Å². The lowest BCUT2D eigenvalue weighted by Gasteiger charge is -2.19. The molecule has 0 aliphatic carbocycles. The van der Waals surface area contributed by atoms with Gasteiger partial charge in [0.15, 0.2) is 5.82 Å². The first-order valence-electron chi connectivity index (χ1n) is 7.02. The fraction of sp³-hybridized carbons (Fsp3) is 0.769. The Hall–Kier alpha value is -1.43. The second kappa shape index (κ2) is 6.14. The molecule has 2 heterocycles. The average Bonchev–Trinajstić information content (AvgIpc) is 2.94. The van der Waals surface area contributed by atoms with E-state index in [-0.39, 0.29) is 11.9 Å².